The summed E-state index contributed by atoms with van der Waals surface area (Å²) in [5.41, 5.74) is 1.67. The van der Waals surface area contributed by atoms with Crippen LogP contribution >= 0.6 is 11.3 Å². The van der Waals surface area contributed by atoms with Crippen LogP contribution in [0.2, 0.25) is 0 Å². The smallest absolute Gasteiger partial charge is 0.241 e. The first-order chi connectivity index (χ1) is 12.3. The van der Waals surface area contributed by atoms with Crippen molar-refractivity contribution in [2.24, 2.45) is 0 Å². The molecule has 0 saturated carbocycles. The first-order valence-electron chi connectivity index (χ1n) is 8.46. The molecule has 8 heteroatoms. The van der Waals surface area contributed by atoms with E-state index in [0.29, 0.717) is 11.6 Å². The molecule has 0 unspecified atom stereocenters. The molecule has 0 bridgehead atoms. The molecule has 0 fully saturated rings. The van der Waals surface area contributed by atoms with Crippen LogP contribution in [0.4, 0.5) is 5.13 Å². The van der Waals surface area contributed by atoms with Gasteiger partial charge in [0, 0.05) is 10.4 Å². The summed E-state index contributed by atoms with van der Waals surface area (Å²) in [6, 6.07) is 7.47. The van der Waals surface area contributed by atoms with E-state index in [1.807, 2.05) is 38.1 Å². The van der Waals surface area contributed by atoms with Gasteiger partial charge in [-0.15, -0.1) is 11.3 Å². The largest absolute Gasteiger partial charge is 0.497 e. The molecular weight excluding hydrogens is 372 g/mol. The lowest BCUT2D eigenvalue weighted by Gasteiger charge is -2.04. The number of sulfone groups is 1. The number of unbranched alkanes of at least 4 members (excludes halogenated alkanes) is 2. The number of thiazole rings is 1. The molecule has 1 N–H and O–H groups in total. The van der Waals surface area contributed by atoms with Gasteiger partial charge in [-0.3, -0.25) is 4.79 Å². The van der Waals surface area contributed by atoms with Gasteiger partial charge in [-0.2, -0.15) is 0 Å². The van der Waals surface area contributed by atoms with Crippen LogP contribution in [0.25, 0.3) is 11.3 Å². The highest BCUT2D eigenvalue weighted by Gasteiger charge is 2.18. The molecule has 142 valence electrons. The summed E-state index contributed by atoms with van der Waals surface area (Å²) in [6.45, 7) is 3.92. The maximum atomic E-state index is 12.1. The van der Waals surface area contributed by atoms with Crippen molar-refractivity contribution in [2.45, 2.75) is 33.1 Å². The summed E-state index contributed by atoms with van der Waals surface area (Å²) in [5.74, 6) is -0.255. The molecule has 1 heterocycles. The molecule has 0 atom stereocenters. The number of nitrogens with zero attached hydrogens (tertiary/aromatic N) is 1. The van der Waals surface area contributed by atoms with Crippen LogP contribution in [0.1, 0.15) is 31.1 Å². The number of hydrogen-bond donors (Lipinski definition) is 1. The molecule has 0 aliphatic heterocycles. The molecule has 1 amide bonds. The van der Waals surface area contributed by atoms with E-state index < -0.39 is 21.5 Å². The van der Waals surface area contributed by atoms with Gasteiger partial charge in [-0.05, 0) is 37.6 Å². The lowest BCUT2D eigenvalue weighted by molar-refractivity contribution is -0.113. The first-order valence-corrected chi connectivity index (χ1v) is 11.1. The highest BCUT2D eigenvalue weighted by atomic mass is 32.2. The summed E-state index contributed by atoms with van der Waals surface area (Å²) in [4.78, 5) is 17.4. The Hall–Kier alpha value is -1.93. The molecule has 2 aromatic rings. The standard InChI is InChI=1S/C18H24N2O4S2/c1-4-5-6-11-26(22,23)12-16(21)19-18-20-17(13(2)25-18)14-7-9-15(24-3)10-8-14/h7-10H,4-6,11-12H2,1-3H3,(H,19,20,21). The maximum Gasteiger partial charge on any atom is 0.241 e. The van der Waals surface area contributed by atoms with Crippen LogP contribution in [-0.4, -0.2) is 37.9 Å². The molecule has 2 rings (SSSR count). The van der Waals surface area contributed by atoms with E-state index in [1.54, 1.807) is 7.11 Å². The second-order valence-corrected chi connectivity index (χ2v) is 9.39. The fourth-order valence-electron chi connectivity index (χ4n) is 2.47. The maximum absolute atomic E-state index is 12.1. The SMILES string of the molecule is CCCCCS(=O)(=O)CC(=O)Nc1nc(-c2ccc(OC)cc2)c(C)s1. The summed E-state index contributed by atoms with van der Waals surface area (Å²) < 4.78 is 29.1. The van der Waals surface area contributed by atoms with Crippen molar-refractivity contribution in [3.63, 3.8) is 0 Å². The molecular formula is C18H24N2O4S2. The molecule has 1 aromatic heterocycles. The number of nitrogens with one attached hydrogen (secondary N) is 1. The molecule has 0 aliphatic rings. The second-order valence-electron chi connectivity index (χ2n) is 6.00. The van der Waals surface area contributed by atoms with Gasteiger partial charge in [0.25, 0.3) is 0 Å². The van der Waals surface area contributed by atoms with E-state index in [0.717, 1.165) is 34.7 Å². The topological polar surface area (TPSA) is 85.4 Å². The van der Waals surface area contributed by atoms with Crippen LogP contribution in [0.5, 0.6) is 5.75 Å². The molecule has 0 radical (unpaired) electrons. The minimum atomic E-state index is -3.39. The zero-order valence-corrected chi connectivity index (χ0v) is 16.9. The third-order valence-electron chi connectivity index (χ3n) is 3.82. The van der Waals surface area contributed by atoms with Crippen molar-refractivity contribution < 1.29 is 17.9 Å². The van der Waals surface area contributed by atoms with E-state index >= 15 is 0 Å². The van der Waals surface area contributed by atoms with E-state index in [1.165, 1.54) is 11.3 Å². The number of anilines is 1. The molecule has 0 saturated heterocycles. The number of amides is 1. The van der Waals surface area contributed by atoms with E-state index in [-0.39, 0.29) is 5.75 Å². The predicted octanol–water partition coefficient (Wildman–Crippen LogP) is 3.67. The van der Waals surface area contributed by atoms with Crippen LogP contribution in [0.3, 0.4) is 0 Å². The Bertz CT molecular complexity index is 843. The minimum Gasteiger partial charge on any atom is -0.497 e. The van der Waals surface area contributed by atoms with Crippen LogP contribution in [0, 0.1) is 6.92 Å². The summed E-state index contributed by atoms with van der Waals surface area (Å²) in [6.07, 6.45) is 2.37. The van der Waals surface area contributed by atoms with Crippen LogP contribution in [0.15, 0.2) is 24.3 Å². The van der Waals surface area contributed by atoms with E-state index in [9.17, 15) is 13.2 Å². The lowest BCUT2D eigenvalue weighted by atomic mass is 10.1. The number of aromatic nitrogens is 1. The number of ether oxygens (including phenoxy) is 1. The first kappa shape index (κ1) is 20.4. The zero-order valence-electron chi connectivity index (χ0n) is 15.2. The third kappa shape index (κ3) is 5.81. The van der Waals surface area contributed by atoms with Gasteiger partial charge in [-0.1, -0.05) is 19.8 Å². The number of carbonyl (C=O) groups excluding carboxylic acids is 1. The van der Waals surface area contributed by atoms with Crippen molar-refractivity contribution in [3.8, 4) is 17.0 Å². The van der Waals surface area contributed by atoms with E-state index in [2.05, 4.69) is 10.3 Å². The Morgan fingerprint density at radius 2 is 1.92 bits per heavy atom. The third-order valence-corrected chi connectivity index (χ3v) is 6.32. The number of carbonyl (C=O) groups is 1. The van der Waals surface area contributed by atoms with Gasteiger partial charge in [0.05, 0.1) is 18.6 Å². The summed E-state index contributed by atoms with van der Waals surface area (Å²) in [7, 11) is -1.78. The molecule has 0 spiro atoms. The van der Waals surface area contributed by atoms with Gasteiger partial charge in [0.15, 0.2) is 15.0 Å². The fourth-order valence-corrected chi connectivity index (χ4v) is 4.58. The Kier molecular flexibility index (Phi) is 7.16. The number of aryl methyl sites for hydroxylation is 1. The highest BCUT2D eigenvalue weighted by molar-refractivity contribution is 7.92. The quantitative estimate of drug-likeness (QED) is 0.654. The van der Waals surface area contributed by atoms with Crippen molar-refractivity contribution in [1.29, 1.82) is 0 Å². The second kappa shape index (κ2) is 9.14. The average molecular weight is 397 g/mol. The normalized spacial score (nSPS) is 11.3. The van der Waals surface area contributed by atoms with Crippen molar-refractivity contribution in [1.82, 2.24) is 4.98 Å². The monoisotopic (exact) mass is 396 g/mol. The lowest BCUT2D eigenvalue weighted by Crippen LogP contribution is -2.24. The van der Waals surface area contributed by atoms with Gasteiger partial charge < -0.3 is 10.1 Å². The molecule has 1 aromatic carbocycles. The average Bonchev–Trinajstić information content (AvgIpc) is 2.94. The Labute approximate surface area is 158 Å². The minimum absolute atomic E-state index is 0.0439. The number of hydrogen-bond acceptors (Lipinski definition) is 6. The number of rotatable bonds is 9. The zero-order chi connectivity index (χ0) is 19.2. The Morgan fingerprint density at radius 1 is 1.23 bits per heavy atom. The molecule has 0 aliphatic carbocycles. The van der Waals surface area contributed by atoms with E-state index in [4.69, 9.17) is 4.74 Å². The summed E-state index contributed by atoms with van der Waals surface area (Å²) >= 11 is 1.33. The molecule has 6 nitrogen and oxygen atoms in total. The van der Waals surface area contributed by atoms with Crippen LogP contribution < -0.4 is 10.1 Å². The van der Waals surface area contributed by atoms with Gasteiger partial charge in [-0.25, -0.2) is 13.4 Å². The van der Waals surface area contributed by atoms with Crippen molar-refractivity contribution in [2.75, 3.05) is 23.9 Å². The van der Waals surface area contributed by atoms with Gasteiger partial charge >= 0.3 is 0 Å². The predicted molar refractivity (Wildman–Crippen MR) is 106 cm³/mol. The Morgan fingerprint density at radius 3 is 2.54 bits per heavy atom. The molecule has 26 heavy (non-hydrogen) atoms. The highest BCUT2D eigenvalue weighted by Crippen LogP contribution is 2.31. The number of benzene rings is 1. The van der Waals surface area contributed by atoms with Gasteiger partial charge in [0.2, 0.25) is 5.91 Å². The number of methoxy groups -OCH3 is 1. The summed E-state index contributed by atoms with van der Waals surface area (Å²) in [5, 5.41) is 3.01. The fraction of sp³-hybridized carbons (Fsp3) is 0.444. The van der Waals surface area contributed by atoms with Crippen molar-refractivity contribution >= 4 is 32.2 Å². The van der Waals surface area contributed by atoms with Gasteiger partial charge in [0.1, 0.15) is 11.5 Å². The van der Waals surface area contributed by atoms with Crippen molar-refractivity contribution in [3.05, 3.63) is 29.1 Å². The van der Waals surface area contributed by atoms with Crippen LogP contribution in [-0.2, 0) is 14.6 Å². The Balaban J connectivity index is 2.03.